The predicted molar refractivity (Wildman–Crippen MR) is 75.3 cm³/mol. The van der Waals surface area contributed by atoms with Crippen LogP contribution in [0.2, 0.25) is 0 Å². The molecule has 2 fully saturated rings. The summed E-state index contributed by atoms with van der Waals surface area (Å²) < 4.78 is 5.36. The van der Waals surface area contributed by atoms with E-state index in [0.717, 1.165) is 24.2 Å². The van der Waals surface area contributed by atoms with Gasteiger partial charge in [-0.05, 0) is 25.8 Å². The maximum Gasteiger partial charge on any atom is 0.339 e. The van der Waals surface area contributed by atoms with E-state index in [1.54, 1.807) is 6.92 Å². The van der Waals surface area contributed by atoms with E-state index in [0.29, 0.717) is 18.6 Å². The number of imide groups is 1. The van der Waals surface area contributed by atoms with E-state index in [1.165, 1.54) is 6.07 Å². The Bertz CT molecular complexity index is 642. The van der Waals surface area contributed by atoms with Gasteiger partial charge in [-0.3, -0.25) is 9.69 Å². The molecule has 0 unspecified atom stereocenters. The van der Waals surface area contributed by atoms with E-state index >= 15 is 0 Å². The van der Waals surface area contributed by atoms with Gasteiger partial charge in [0.05, 0.1) is 6.54 Å². The van der Waals surface area contributed by atoms with Crippen LogP contribution in [0, 0.1) is 6.92 Å². The second-order valence-corrected chi connectivity index (χ2v) is 5.95. The first kappa shape index (κ1) is 14.6. The van der Waals surface area contributed by atoms with Gasteiger partial charge in [0.1, 0.15) is 22.6 Å². The number of hydrogen-bond acceptors (Lipinski definition) is 4. The molecule has 0 bridgehead atoms. The Morgan fingerprint density at radius 2 is 2.05 bits per heavy atom. The van der Waals surface area contributed by atoms with Crippen LogP contribution in [-0.2, 0) is 11.3 Å². The van der Waals surface area contributed by atoms with Crippen molar-refractivity contribution in [3.63, 3.8) is 0 Å². The van der Waals surface area contributed by atoms with Gasteiger partial charge in [-0.15, -0.1) is 0 Å². The van der Waals surface area contributed by atoms with Crippen molar-refractivity contribution in [3.05, 3.63) is 23.2 Å². The number of hydrogen-bond donors (Lipinski definition) is 2. The molecular formula is C15H18N2O5. The van der Waals surface area contributed by atoms with Gasteiger partial charge in [0.25, 0.3) is 5.91 Å². The fourth-order valence-electron chi connectivity index (χ4n) is 3.30. The molecule has 1 aliphatic carbocycles. The Labute approximate surface area is 127 Å². The van der Waals surface area contributed by atoms with Gasteiger partial charge in [0.2, 0.25) is 0 Å². The number of rotatable bonds is 3. The molecule has 1 spiro atoms. The summed E-state index contributed by atoms with van der Waals surface area (Å²) in [5.74, 6) is -0.759. The van der Waals surface area contributed by atoms with Crippen LogP contribution in [0.15, 0.2) is 10.5 Å². The fourth-order valence-corrected chi connectivity index (χ4v) is 3.30. The molecule has 1 aromatic heterocycles. The Hall–Kier alpha value is -2.31. The third-order valence-corrected chi connectivity index (χ3v) is 4.47. The predicted octanol–water partition coefficient (Wildman–Crippen LogP) is 2.04. The average molecular weight is 306 g/mol. The molecule has 22 heavy (non-hydrogen) atoms. The first-order valence-corrected chi connectivity index (χ1v) is 7.40. The number of carboxylic acid groups (broad SMARTS) is 1. The summed E-state index contributed by atoms with van der Waals surface area (Å²) in [5.41, 5.74) is -0.721. The van der Waals surface area contributed by atoms with Crippen molar-refractivity contribution >= 4 is 17.9 Å². The zero-order chi connectivity index (χ0) is 15.9. The number of carbonyl (C=O) groups is 3. The van der Waals surface area contributed by atoms with Crippen LogP contribution in [0.4, 0.5) is 4.79 Å². The summed E-state index contributed by atoms with van der Waals surface area (Å²) in [6.45, 7) is 1.50. The lowest BCUT2D eigenvalue weighted by molar-refractivity contribution is -0.133. The number of nitrogens with zero attached hydrogens (tertiary/aromatic N) is 1. The van der Waals surface area contributed by atoms with Crippen LogP contribution >= 0.6 is 0 Å². The third-order valence-electron chi connectivity index (χ3n) is 4.47. The van der Waals surface area contributed by atoms with E-state index in [9.17, 15) is 14.4 Å². The quantitative estimate of drug-likeness (QED) is 0.832. The maximum atomic E-state index is 12.6. The van der Waals surface area contributed by atoms with Gasteiger partial charge in [-0.1, -0.05) is 19.3 Å². The zero-order valence-electron chi connectivity index (χ0n) is 12.3. The molecule has 7 heteroatoms. The highest BCUT2D eigenvalue weighted by Gasteiger charge is 2.51. The average Bonchev–Trinajstić information content (AvgIpc) is 2.94. The highest BCUT2D eigenvalue weighted by atomic mass is 16.4. The molecule has 2 aliphatic rings. The summed E-state index contributed by atoms with van der Waals surface area (Å²) in [7, 11) is 0. The second kappa shape index (κ2) is 5.15. The minimum Gasteiger partial charge on any atom is -0.478 e. The lowest BCUT2D eigenvalue weighted by Gasteiger charge is -2.30. The van der Waals surface area contributed by atoms with Gasteiger partial charge in [-0.25, -0.2) is 9.59 Å². The minimum absolute atomic E-state index is 0.0411. The summed E-state index contributed by atoms with van der Waals surface area (Å²) in [6.07, 6.45) is 4.23. The Morgan fingerprint density at radius 3 is 2.64 bits per heavy atom. The molecule has 1 saturated carbocycles. The van der Waals surface area contributed by atoms with Crippen molar-refractivity contribution in [2.75, 3.05) is 0 Å². The number of nitrogens with one attached hydrogen (secondary N) is 1. The lowest BCUT2D eigenvalue weighted by atomic mass is 9.82. The van der Waals surface area contributed by atoms with E-state index in [-0.39, 0.29) is 23.8 Å². The first-order valence-electron chi connectivity index (χ1n) is 7.40. The standard InChI is InChI=1S/C15H18N2O5/c1-9-11(12(18)19)7-10(22-9)8-17-13(20)15(16-14(17)21)5-3-2-4-6-15/h7H,2-6,8H2,1H3,(H,16,21)(H,18,19). The van der Waals surface area contributed by atoms with Gasteiger partial charge in [0.15, 0.2) is 0 Å². The van der Waals surface area contributed by atoms with Crippen LogP contribution in [0.25, 0.3) is 0 Å². The van der Waals surface area contributed by atoms with Crippen molar-refractivity contribution < 1.29 is 23.9 Å². The van der Waals surface area contributed by atoms with E-state index in [1.807, 2.05) is 0 Å². The molecule has 1 saturated heterocycles. The highest BCUT2D eigenvalue weighted by Crippen LogP contribution is 2.34. The number of amides is 3. The van der Waals surface area contributed by atoms with Crippen LogP contribution in [0.3, 0.4) is 0 Å². The molecule has 3 amide bonds. The van der Waals surface area contributed by atoms with E-state index in [2.05, 4.69) is 5.32 Å². The molecule has 0 radical (unpaired) electrons. The molecule has 118 valence electrons. The van der Waals surface area contributed by atoms with Gasteiger partial charge < -0.3 is 14.8 Å². The molecule has 0 atom stereocenters. The van der Waals surface area contributed by atoms with Gasteiger partial charge in [0, 0.05) is 0 Å². The van der Waals surface area contributed by atoms with E-state index < -0.39 is 17.5 Å². The molecule has 0 aromatic carbocycles. The Morgan fingerprint density at radius 1 is 1.36 bits per heavy atom. The lowest BCUT2D eigenvalue weighted by Crippen LogP contribution is -2.48. The number of aryl methyl sites for hydroxylation is 1. The summed E-state index contributed by atoms with van der Waals surface area (Å²) in [5, 5.41) is 11.8. The largest absolute Gasteiger partial charge is 0.478 e. The van der Waals surface area contributed by atoms with Crippen molar-refractivity contribution in [2.45, 2.75) is 51.1 Å². The number of carboxylic acids is 1. The van der Waals surface area contributed by atoms with Crippen LogP contribution in [-0.4, -0.2) is 33.5 Å². The van der Waals surface area contributed by atoms with Gasteiger partial charge in [-0.2, -0.15) is 0 Å². The SMILES string of the molecule is Cc1oc(CN2C(=O)NC3(CCCCC3)C2=O)cc1C(=O)O. The number of furan rings is 1. The smallest absolute Gasteiger partial charge is 0.339 e. The Balaban J connectivity index is 1.80. The summed E-state index contributed by atoms with van der Waals surface area (Å²) in [6, 6.07) is 0.933. The van der Waals surface area contributed by atoms with Crippen LogP contribution in [0.1, 0.15) is 54.0 Å². The molecule has 1 aromatic rings. The molecule has 7 nitrogen and oxygen atoms in total. The summed E-state index contributed by atoms with van der Waals surface area (Å²) >= 11 is 0. The van der Waals surface area contributed by atoms with E-state index in [4.69, 9.17) is 9.52 Å². The topological polar surface area (TPSA) is 99.9 Å². The maximum absolute atomic E-state index is 12.6. The molecule has 2 N–H and O–H groups in total. The van der Waals surface area contributed by atoms with Crippen molar-refractivity contribution in [2.24, 2.45) is 0 Å². The molecule has 1 aliphatic heterocycles. The number of aromatic carboxylic acids is 1. The van der Waals surface area contributed by atoms with Crippen molar-refractivity contribution in [1.29, 1.82) is 0 Å². The molecule has 2 heterocycles. The van der Waals surface area contributed by atoms with Crippen LogP contribution in [0.5, 0.6) is 0 Å². The van der Waals surface area contributed by atoms with Gasteiger partial charge >= 0.3 is 12.0 Å². The van der Waals surface area contributed by atoms with Crippen LogP contribution < -0.4 is 5.32 Å². The minimum atomic E-state index is -1.09. The fraction of sp³-hybridized carbons (Fsp3) is 0.533. The molecule has 3 rings (SSSR count). The third kappa shape index (κ3) is 2.26. The number of urea groups is 1. The Kier molecular flexibility index (Phi) is 3.42. The number of carbonyl (C=O) groups excluding carboxylic acids is 2. The van der Waals surface area contributed by atoms with Crippen molar-refractivity contribution in [3.8, 4) is 0 Å². The second-order valence-electron chi connectivity index (χ2n) is 5.95. The summed E-state index contributed by atoms with van der Waals surface area (Å²) in [4.78, 5) is 36.9. The molecular weight excluding hydrogens is 288 g/mol. The first-order chi connectivity index (χ1) is 10.4. The zero-order valence-corrected chi connectivity index (χ0v) is 12.3. The van der Waals surface area contributed by atoms with Crippen molar-refractivity contribution in [1.82, 2.24) is 10.2 Å². The highest BCUT2D eigenvalue weighted by molar-refractivity contribution is 6.07. The normalized spacial score (nSPS) is 20.5. The monoisotopic (exact) mass is 306 g/mol.